The minimum atomic E-state index is -0.336. The highest BCUT2D eigenvalue weighted by molar-refractivity contribution is 5.51. The molecule has 1 fully saturated rings. The molecule has 0 radical (unpaired) electrons. The summed E-state index contributed by atoms with van der Waals surface area (Å²) in [6.07, 6.45) is 9.46. The lowest BCUT2D eigenvalue weighted by molar-refractivity contribution is -0.109. The molecule has 0 heterocycles. The van der Waals surface area contributed by atoms with Gasteiger partial charge in [0, 0.05) is 6.42 Å². The van der Waals surface area contributed by atoms with E-state index in [1.807, 2.05) is 12.1 Å². The van der Waals surface area contributed by atoms with Crippen molar-refractivity contribution in [2.24, 2.45) is 5.92 Å². The van der Waals surface area contributed by atoms with Gasteiger partial charge in [0.2, 0.25) is 0 Å². The summed E-state index contributed by atoms with van der Waals surface area (Å²) in [5.41, 5.74) is 2.09. The molecule has 3 nitrogen and oxygen atoms in total. The zero-order chi connectivity index (χ0) is 19.2. The Kier molecular flexibility index (Phi) is 7.69. The van der Waals surface area contributed by atoms with E-state index in [0.29, 0.717) is 18.6 Å². The first kappa shape index (κ1) is 21.0. The molecule has 3 unspecified atom stereocenters. The first-order chi connectivity index (χ1) is 12.4. The largest absolute Gasteiger partial charge is 0.508 e. The third-order valence-corrected chi connectivity index (χ3v) is 6.23. The molecular formula is C23H36O3. The molecule has 3 heteroatoms. The predicted octanol–water partition coefficient (Wildman–Crippen LogP) is 5.47. The number of phenols is 1. The van der Waals surface area contributed by atoms with Gasteiger partial charge in [0.1, 0.15) is 12.0 Å². The van der Waals surface area contributed by atoms with Crippen LogP contribution in [-0.2, 0) is 10.2 Å². The molecule has 146 valence electrons. The SMILES string of the molecule is CCCCCCC(C)(C)c1ccc(C2CC(O)CCC2CC=O)c(O)c1. The van der Waals surface area contributed by atoms with Crippen LogP contribution < -0.4 is 0 Å². The van der Waals surface area contributed by atoms with E-state index in [1.165, 1.54) is 31.2 Å². The number of unbranched alkanes of at least 4 members (excludes halogenated alkanes) is 3. The number of carbonyl (C=O) groups excluding carboxylic acids is 1. The first-order valence-electron chi connectivity index (χ1n) is 10.3. The van der Waals surface area contributed by atoms with Gasteiger partial charge in [-0.25, -0.2) is 0 Å². The summed E-state index contributed by atoms with van der Waals surface area (Å²) in [5, 5.41) is 20.8. The van der Waals surface area contributed by atoms with Crippen LogP contribution in [-0.4, -0.2) is 22.6 Å². The summed E-state index contributed by atoms with van der Waals surface area (Å²) in [7, 11) is 0. The number of hydrogen-bond acceptors (Lipinski definition) is 3. The van der Waals surface area contributed by atoms with Crippen molar-refractivity contribution in [2.45, 2.75) is 96.0 Å². The molecule has 2 N–H and O–H groups in total. The van der Waals surface area contributed by atoms with Crippen molar-refractivity contribution < 1.29 is 15.0 Å². The van der Waals surface area contributed by atoms with Gasteiger partial charge in [-0.05, 0) is 60.1 Å². The van der Waals surface area contributed by atoms with Gasteiger partial charge in [-0.1, -0.05) is 58.6 Å². The zero-order valence-electron chi connectivity index (χ0n) is 16.7. The van der Waals surface area contributed by atoms with Crippen LogP contribution in [0.15, 0.2) is 18.2 Å². The average Bonchev–Trinajstić information content (AvgIpc) is 2.60. The number of hydrogen-bond donors (Lipinski definition) is 2. The maximum Gasteiger partial charge on any atom is 0.120 e. The lowest BCUT2D eigenvalue weighted by atomic mass is 9.72. The minimum Gasteiger partial charge on any atom is -0.508 e. The number of aromatic hydroxyl groups is 1. The van der Waals surface area contributed by atoms with Gasteiger partial charge >= 0.3 is 0 Å². The van der Waals surface area contributed by atoms with Gasteiger partial charge in [0.15, 0.2) is 0 Å². The first-order valence-corrected chi connectivity index (χ1v) is 10.3. The fourth-order valence-corrected chi connectivity index (χ4v) is 4.41. The maximum atomic E-state index is 11.0. The summed E-state index contributed by atoms with van der Waals surface area (Å²) in [6, 6.07) is 6.07. The second kappa shape index (κ2) is 9.55. The number of aldehydes is 1. The number of phenolic OH excluding ortho intramolecular Hbond substituents is 1. The van der Waals surface area contributed by atoms with Crippen LogP contribution in [0.4, 0.5) is 0 Å². The Bertz CT molecular complexity index is 579. The van der Waals surface area contributed by atoms with Crippen molar-refractivity contribution in [3.8, 4) is 5.75 Å². The van der Waals surface area contributed by atoms with Crippen LogP contribution in [0.2, 0.25) is 0 Å². The molecule has 2 rings (SSSR count). The highest BCUT2D eigenvalue weighted by Gasteiger charge is 2.32. The predicted molar refractivity (Wildman–Crippen MR) is 107 cm³/mol. The van der Waals surface area contributed by atoms with Gasteiger partial charge in [-0.15, -0.1) is 0 Å². The van der Waals surface area contributed by atoms with Crippen LogP contribution in [0, 0.1) is 5.92 Å². The van der Waals surface area contributed by atoms with Gasteiger partial charge < -0.3 is 15.0 Å². The molecule has 26 heavy (non-hydrogen) atoms. The van der Waals surface area contributed by atoms with E-state index in [4.69, 9.17) is 0 Å². The van der Waals surface area contributed by atoms with Crippen LogP contribution in [0.1, 0.15) is 95.6 Å². The van der Waals surface area contributed by atoms with E-state index in [-0.39, 0.29) is 23.4 Å². The Hall–Kier alpha value is -1.35. The lowest BCUT2D eigenvalue weighted by Gasteiger charge is -2.34. The van der Waals surface area contributed by atoms with Gasteiger partial charge in [-0.2, -0.15) is 0 Å². The van der Waals surface area contributed by atoms with Crippen LogP contribution in [0.5, 0.6) is 5.75 Å². The molecule has 0 spiro atoms. The lowest BCUT2D eigenvalue weighted by Crippen LogP contribution is -2.27. The van der Waals surface area contributed by atoms with Gasteiger partial charge in [0.05, 0.1) is 6.10 Å². The van der Waals surface area contributed by atoms with E-state index in [2.05, 4.69) is 26.8 Å². The van der Waals surface area contributed by atoms with Gasteiger partial charge in [0.25, 0.3) is 0 Å². The standard InChI is InChI=1S/C23H36O3/c1-4-5-6-7-13-23(2,3)18-9-11-20(22(26)15-18)21-16-19(25)10-8-17(21)12-14-24/h9,11,14-15,17,19,21,25-26H,4-8,10,12-13,16H2,1-3H3. The summed E-state index contributed by atoms with van der Waals surface area (Å²) in [6.45, 7) is 6.71. The van der Waals surface area contributed by atoms with Crippen molar-refractivity contribution in [2.75, 3.05) is 0 Å². The molecule has 3 atom stereocenters. The molecule has 0 aliphatic heterocycles. The monoisotopic (exact) mass is 360 g/mol. The van der Waals surface area contributed by atoms with E-state index >= 15 is 0 Å². The third kappa shape index (κ3) is 5.33. The molecule has 0 amide bonds. The minimum absolute atomic E-state index is 0.0397. The van der Waals surface area contributed by atoms with Crippen LogP contribution in [0.3, 0.4) is 0 Å². The van der Waals surface area contributed by atoms with Crippen LogP contribution in [0.25, 0.3) is 0 Å². The fraction of sp³-hybridized carbons (Fsp3) is 0.696. The topological polar surface area (TPSA) is 57.5 Å². The molecule has 1 aliphatic rings. The molecule has 1 aromatic rings. The Labute approximate surface area is 158 Å². The number of rotatable bonds is 9. The Morgan fingerprint density at radius 2 is 1.96 bits per heavy atom. The molecule has 0 aromatic heterocycles. The highest BCUT2D eigenvalue weighted by Crippen LogP contribution is 2.44. The second-order valence-corrected chi connectivity index (χ2v) is 8.70. The van der Waals surface area contributed by atoms with E-state index in [1.54, 1.807) is 0 Å². The maximum absolute atomic E-state index is 11.0. The Balaban J connectivity index is 2.15. The molecule has 0 saturated heterocycles. The highest BCUT2D eigenvalue weighted by atomic mass is 16.3. The number of carbonyl (C=O) groups is 1. The summed E-state index contributed by atoms with van der Waals surface area (Å²) in [4.78, 5) is 11.0. The smallest absolute Gasteiger partial charge is 0.120 e. The molecule has 1 aromatic carbocycles. The van der Waals surface area contributed by atoms with Crippen molar-refractivity contribution in [1.82, 2.24) is 0 Å². The normalized spacial score (nSPS) is 23.8. The molecular weight excluding hydrogens is 324 g/mol. The molecule has 1 aliphatic carbocycles. The number of benzene rings is 1. The van der Waals surface area contributed by atoms with Crippen molar-refractivity contribution in [1.29, 1.82) is 0 Å². The zero-order valence-corrected chi connectivity index (χ0v) is 16.7. The van der Waals surface area contributed by atoms with Gasteiger partial charge in [-0.3, -0.25) is 0 Å². The average molecular weight is 361 g/mol. The quantitative estimate of drug-likeness (QED) is 0.453. The fourth-order valence-electron chi connectivity index (χ4n) is 4.41. The molecule has 0 bridgehead atoms. The summed E-state index contributed by atoms with van der Waals surface area (Å²) in [5.74, 6) is 0.597. The second-order valence-electron chi connectivity index (χ2n) is 8.70. The Morgan fingerprint density at radius 3 is 2.62 bits per heavy atom. The van der Waals surface area contributed by atoms with E-state index < -0.39 is 0 Å². The Morgan fingerprint density at radius 1 is 1.19 bits per heavy atom. The summed E-state index contributed by atoms with van der Waals surface area (Å²) >= 11 is 0. The molecule has 1 saturated carbocycles. The van der Waals surface area contributed by atoms with E-state index in [9.17, 15) is 15.0 Å². The van der Waals surface area contributed by atoms with Crippen molar-refractivity contribution in [3.63, 3.8) is 0 Å². The third-order valence-electron chi connectivity index (χ3n) is 6.23. The summed E-state index contributed by atoms with van der Waals surface area (Å²) < 4.78 is 0. The van der Waals surface area contributed by atoms with E-state index in [0.717, 1.165) is 31.1 Å². The number of aliphatic hydroxyl groups excluding tert-OH is 1. The van der Waals surface area contributed by atoms with Crippen LogP contribution >= 0.6 is 0 Å². The van der Waals surface area contributed by atoms with Crippen molar-refractivity contribution >= 4 is 6.29 Å². The number of aliphatic hydroxyl groups is 1. The van der Waals surface area contributed by atoms with Crippen molar-refractivity contribution in [3.05, 3.63) is 29.3 Å².